The largest absolute Gasteiger partial charge is 0.481 e. The minimum Gasteiger partial charge on any atom is -0.481 e. The molecule has 1 aromatic carbocycles. The number of nitrogens with one attached hydrogen (secondary N) is 2. The molecular weight excluding hydrogens is 270 g/mol. The average Bonchev–Trinajstić information content (AvgIpc) is 3.07. The number of H-pyrrole nitrogens is 1. The minimum absolute atomic E-state index is 0.0311. The van der Waals surface area contributed by atoms with Crippen molar-refractivity contribution in [2.75, 3.05) is 5.32 Å². The van der Waals surface area contributed by atoms with Crippen molar-refractivity contribution in [2.45, 2.75) is 32.1 Å². The molecule has 3 N–H and O–H groups in total. The van der Waals surface area contributed by atoms with E-state index in [1.54, 1.807) is 18.3 Å². The van der Waals surface area contributed by atoms with Crippen LogP contribution in [-0.2, 0) is 9.59 Å². The normalized spacial score (nSPS) is 17.0. The van der Waals surface area contributed by atoms with E-state index in [0.717, 1.165) is 23.7 Å². The summed E-state index contributed by atoms with van der Waals surface area (Å²) in [5, 5.41) is 19.9. The summed E-state index contributed by atoms with van der Waals surface area (Å²) in [6.45, 7) is 0. The molecule has 6 heteroatoms. The maximum atomic E-state index is 12.2. The van der Waals surface area contributed by atoms with Gasteiger partial charge >= 0.3 is 5.97 Å². The lowest BCUT2D eigenvalue weighted by molar-refractivity contribution is -0.150. The quantitative estimate of drug-likeness (QED) is 0.805. The maximum absolute atomic E-state index is 12.2. The molecular formula is C15H17N3O3. The zero-order valence-electron chi connectivity index (χ0n) is 11.6. The van der Waals surface area contributed by atoms with Crippen molar-refractivity contribution in [3.05, 3.63) is 24.4 Å². The molecule has 0 aliphatic heterocycles. The zero-order valence-corrected chi connectivity index (χ0v) is 11.6. The van der Waals surface area contributed by atoms with Gasteiger partial charge in [0.15, 0.2) is 0 Å². The van der Waals surface area contributed by atoms with Crippen molar-refractivity contribution < 1.29 is 14.7 Å². The first-order chi connectivity index (χ1) is 10.1. The predicted octanol–water partition coefficient (Wildman–Crippen LogP) is 2.54. The van der Waals surface area contributed by atoms with Gasteiger partial charge in [-0.2, -0.15) is 5.10 Å². The molecule has 0 atom stereocenters. The van der Waals surface area contributed by atoms with Gasteiger partial charge < -0.3 is 10.4 Å². The Bertz CT molecular complexity index is 686. The number of benzene rings is 1. The van der Waals surface area contributed by atoms with E-state index >= 15 is 0 Å². The lowest BCUT2D eigenvalue weighted by Crippen LogP contribution is -2.32. The fraction of sp³-hybridized carbons (Fsp3) is 0.400. The molecule has 0 radical (unpaired) electrons. The average molecular weight is 287 g/mol. The van der Waals surface area contributed by atoms with Gasteiger partial charge in [-0.3, -0.25) is 14.7 Å². The third-order valence-electron chi connectivity index (χ3n) is 4.24. The second-order valence-corrected chi connectivity index (χ2v) is 5.69. The van der Waals surface area contributed by atoms with Crippen LogP contribution in [0, 0.1) is 5.41 Å². The summed E-state index contributed by atoms with van der Waals surface area (Å²) in [5.41, 5.74) is 0.597. The Balaban J connectivity index is 1.72. The number of carboxylic acids is 1. The second-order valence-electron chi connectivity index (χ2n) is 5.69. The Labute approximate surface area is 121 Å². The summed E-state index contributed by atoms with van der Waals surface area (Å²) in [4.78, 5) is 23.6. The van der Waals surface area contributed by atoms with Gasteiger partial charge in [0.2, 0.25) is 5.91 Å². The minimum atomic E-state index is -0.887. The van der Waals surface area contributed by atoms with Crippen LogP contribution in [0.25, 0.3) is 10.9 Å². The number of aliphatic carboxylic acids is 1. The van der Waals surface area contributed by atoms with Crippen molar-refractivity contribution in [3.63, 3.8) is 0 Å². The molecule has 3 rings (SSSR count). The number of rotatable bonds is 4. The number of aromatic nitrogens is 2. The van der Waals surface area contributed by atoms with Gasteiger partial charge in [0.05, 0.1) is 17.1 Å². The van der Waals surface area contributed by atoms with Crippen molar-refractivity contribution in [2.24, 2.45) is 5.41 Å². The number of hydrogen-bond donors (Lipinski definition) is 3. The van der Waals surface area contributed by atoms with Gasteiger partial charge in [-0.25, -0.2) is 0 Å². The molecule has 1 aliphatic rings. The number of carbonyl (C=O) groups excluding carboxylic acids is 1. The number of nitrogens with zero attached hydrogens (tertiary/aromatic N) is 1. The van der Waals surface area contributed by atoms with Crippen LogP contribution in [0.3, 0.4) is 0 Å². The Morgan fingerprint density at radius 1 is 1.33 bits per heavy atom. The van der Waals surface area contributed by atoms with Gasteiger partial charge in [0.1, 0.15) is 0 Å². The lowest BCUT2D eigenvalue weighted by atomic mass is 9.82. The van der Waals surface area contributed by atoms with E-state index in [1.807, 2.05) is 6.07 Å². The van der Waals surface area contributed by atoms with E-state index in [9.17, 15) is 14.7 Å². The number of carbonyl (C=O) groups is 2. The molecule has 1 aromatic heterocycles. The number of carboxylic acid groups (broad SMARTS) is 1. The molecule has 1 heterocycles. The fourth-order valence-electron chi connectivity index (χ4n) is 3.05. The Morgan fingerprint density at radius 2 is 2.10 bits per heavy atom. The number of aromatic amines is 1. The molecule has 110 valence electrons. The van der Waals surface area contributed by atoms with E-state index in [2.05, 4.69) is 15.5 Å². The van der Waals surface area contributed by atoms with Crippen LogP contribution in [0.4, 0.5) is 5.69 Å². The SMILES string of the molecule is O=C(CC1(C(=O)O)CCCC1)Nc1ccc2cn[nH]c2c1. The maximum Gasteiger partial charge on any atom is 0.310 e. The monoisotopic (exact) mass is 287 g/mol. The topological polar surface area (TPSA) is 95.1 Å². The first kappa shape index (κ1) is 13.6. The summed E-state index contributed by atoms with van der Waals surface area (Å²) in [7, 11) is 0. The third-order valence-corrected chi connectivity index (χ3v) is 4.24. The number of hydrogen-bond acceptors (Lipinski definition) is 3. The molecule has 0 spiro atoms. The van der Waals surface area contributed by atoms with E-state index in [-0.39, 0.29) is 12.3 Å². The Kier molecular flexibility index (Phi) is 3.37. The molecule has 0 saturated heterocycles. The molecule has 1 saturated carbocycles. The molecule has 1 fully saturated rings. The van der Waals surface area contributed by atoms with Crippen molar-refractivity contribution in [1.82, 2.24) is 10.2 Å². The Hall–Kier alpha value is -2.37. The van der Waals surface area contributed by atoms with Crippen molar-refractivity contribution in [1.29, 1.82) is 0 Å². The fourth-order valence-corrected chi connectivity index (χ4v) is 3.05. The standard InChI is InChI=1S/C15H17N3O3/c19-13(8-15(14(20)21)5-1-2-6-15)17-11-4-3-10-9-16-18-12(10)7-11/h3-4,7,9H,1-2,5-6,8H2,(H,16,18)(H,17,19)(H,20,21). The number of amides is 1. The molecule has 2 aromatic rings. The lowest BCUT2D eigenvalue weighted by Gasteiger charge is -2.22. The molecule has 21 heavy (non-hydrogen) atoms. The predicted molar refractivity (Wildman–Crippen MR) is 77.9 cm³/mol. The highest BCUT2D eigenvalue weighted by Gasteiger charge is 2.42. The summed E-state index contributed by atoms with van der Waals surface area (Å²) in [6, 6.07) is 5.44. The van der Waals surface area contributed by atoms with Crippen molar-refractivity contribution >= 4 is 28.5 Å². The van der Waals surface area contributed by atoms with Crippen molar-refractivity contribution in [3.8, 4) is 0 Å². The van der Waals surface area contributed by atoms with Gasteiger partial charge in [-0.05, 0) is 31.0 Å². The molecule has 1 aliphatic carbocycles. The van der Waals surface area contributed by atoms with Gasteiger partial charge in [0.25, 0.3) is 0 Å². The van der Waals surface area contributed by atoms with Crippen LogP contribution < -0.4 is 5.32 Å². The summed E-state index contributed by atoms with van der Waals surface area (Å²) in [6.07, 6.45) is 4.65. The van der Waals surface area contributed by atoms with E-state index < -0.39 is 11.4 Å². The first-order valence-electron chi connectivity index (χ1n) is 7.05. The van der Waals surface area contributed by atoms with E-state index in [1.165, 1.54) is 0 Å². The Morgan fingerprint density at radius 3 is 2.81 bits per heavy atom. The summed E-state index contributed by atoms with van der Waals surface area (Å²) < 4.78 is 0. The van der Waals surface area contributed by atoms with Gasteiger partial charge in [-0.15, -0.1) is 0 Å². The molecule has 0 unspecified atom stereocenters. The molecule has 0 bridgehead atoms. The van der Waals surface area contributed by atoms with Crippen LogP contribution in [0.5, 0.6) is 0 Å². The summed E-state index contributed by atoms with van der Waals surface area (Å²) >= 11 is 0. The summed E-state index contributed by atoms with van der Waals surface area (Å²) in [5.74, 6) is -1.11. The van der Waals surface area contributed by atoms with Crippen LogP contribution >= 0.6 is 0 Å². The number of anilines is 1. The second kappa shape index (κ2) is 5.20. The molecule has 6 nitrogen and oxygen atoms in total. The van der Waals surface area contributed by atoms with E-state index in [0.29, 0.717) is 18.5 Å². The number of fused-ring (bicyclic) bond motifs is 1. The van der Waals surface area contributed by atoms with E-state index in [4.69, 9.17) is 0 Å². The van der Waals surface area contributed by atoms with Crippen LogP contribution in [-0.4, -0.2) is 27.2 Å². The highest BCUT2D eigenvalue weighted by Crippen LogP contribution is 2.41. The molecule has 1 amide bonds. The van der Waals surface area contributed by atoms with Gasteiger partial charge in [0, 0.05) is 17.5 Å². The first-order valence-corrected chi connectivity index (χ1v) is 7.05. The smallest absolute Gasteiger partial charge is 0.310 e. The highest BCUT2D eigenvalue weighted by molar-refractivity contribution is 5.96. The van der Waals surface area contributed by atoms with Crippen LogP contribution in [0.2, 0.25) is 0 Å². The van der Waals surface area contributed by atoms with Crippen LogP contribution in [0.1, 0.15) is 32.1 Å². The zero-order chi connectivity index (χ0) is 14.9. The van der Waals surface area contributed by atoms with Crippen LogP contribution in [0.15, 0.2) is 24.4 Å². The van der Waals surface area contributed by atoms with Gasteiger partial charge in [-0.1, -0.05) is 12.8 Å². The highest BCUT2D eigenvalue weighted by atomic mass is 16.4. The third kappa shape index (κ3) is 2.61.